The highest BCUT2D eigenvalue weighted by molar-refractivity contribution is 5.71. The molecule has 0 aromatic heterocycles. The van der Waals surface area contributed by atoms with Gasteiger partial charge < -0.3 is 28.4 Å². The standard InChI is InChI=1S/C24H36O7/c1-3-27-20(25)16-22-10-7-19-23(21-28-11-12-29-21,18(22)6-5-17(15-22)26-2)8-4-9-24(19)30-13-14-31-24/h15,18-19,21H,3-14,16H2,1-2H3/t18-,19+,22+,23-/m1/s1. The van der Waals surface area contributed by atoms with E-state index in [-0.39, 0.29) is 34.9 Å². The van der Waals surface area contributed by atoms with E-state index < -0.39 is 5.79 Å². The van der Waals surface area contributed by atoms with Crippen LogP contribution in [-0.4, -0.2) is 58.2 Å². The number of esters is 1. The molecule has 3 aliphatic carbocycles. The molecule has 31 heavy (non-hydrogen) atoms. The third-order valence-electron chi connectivity index (χ3n) is 8.56. The van der Waals surface area contributed by atoms with Crippen LogP contribution in [0.2, 0.25) is 0 Å². The van der Waals surface area contributed by atoms with Gasteiger partial charge in [-0.25, -0.2) is 0 Å². The summed E-state index contributed by atoms with van der Waals surface area (Å²) in [6.07, 6.45) is 8.85. The molecule has 0 N–H and O–H groups in total. The summed E-state index contributed by atoms with van der Waals surface area (Å²) >= 11 is 0. The number of fused-ring (bicyclic) bond motifs is 4. The Labute approximate surface area is 184 Å². The summed E-state index contributed by atoms with van der Waals surface area (Å²) in [6, 6.07) is 0. The van der Waals surface area contributed by atoms with Crippen LogP contribution in [0.3, 0.4) is 0 Å². The number of carbonyl (C=O) groups excluding carboxylic acids is 1. The zero-order valence-corrected chi connectivity index (χ0v) is 18.9. The Bertz CT molecular complexity index is 709. The van der Waals surface area contributed by atoms with Crippen molar-refractivity contribution in [2.24, 2.45) is 22.7 Å². The van der Waals surface area contributed by atoms with Crippen LogP contribution in [0.25, 0.3) is 0 Å². The molecule has 7 nitrogen and oxygen atoms in total. The fraction of sp³-hybridized carbons (Fsp3) is 0.875. The van der Waals surface area contributed by atoms with Crippen LogP contribution in [0.5, 0.6) is 0 Å². The van der Waals surface area contributed by atoms with Gasteiger partial charge in [0.1, 0.15) is 0 Å². The Morgan fingerprint density at radius 2 is 1.84 bits per heavy atom. The molecule has 0 aromatic carbocycles. The first-order chi connectivity index (χ1) is 15.1. The largest absolute Gasteiger partial charge is 0.501 e. The summed E-state index contributed by atoms with van der Waals surface area (Å²) in [5, 5.41) is 0. The average molecular weight is 437 g/mol. The summed E-state index contributed by atoms with van der Waals surface area (Å²) in [5.41, 5.74) is -0.571. The molecule has 0 bridgehead atoms. The van der Waals surface area contributed by atoms with Gasteiger partial charge in [0.25, 0.3) is 0 Å². The first-order valence-electron chi connectivity index (χ1n) is 12.0. The van der Waals surface area contributed by atoms with E-state index in [9.17, 15) is 4.79 Å². The second-order valence-corrected chi connectivity index (χ2v) is 9.76. The van der Waals surface area contributed by atoms with E-state index in [4.69, 9.17) is 28.4 Å². The fourth-order valence-corrected chi connectivity index (χ4v) is 7.67. The molecule has 0 unspecified atom stereocenters. The zero-order chi connectivity index (χ0) is 21.5. The van der Waals surface area contributed by atoms with Crippen molar-refractivity contribution in [3.63, 3.8) is 0 Å². The quantitative estimate of drug-likeness (QED) is 0.610. The van der Waals surface area contributed by atoms with E-state index >= 15 is 0 Å². The SMILES string of the molecule is CCOC(=O)C[C@]12C=C(OC)CC[C@H]1[C@]1(C3OCCO3)CCCC3(OCCO3)[C@H]1CC2. The van der Waals surface area contributed by atoms with Gasteiger partial charge in [-0.3, -0.25) is 4.79 Å². The number of allylic oxidation sites excluding steroid dienone is 2. The number of hydrogen-bond donors (Lipinski definition) is 0. The molecule has 4 atom stereocenters. The van der Waals surface area contributed by atoms with Gasteiger partial charge in [0, 0.05) is 29.6 Å². The molecule has 2 saturated heterocycles. The van der Waals surface area contributed by atoms with Crippen molar-refractivity contribution in [3.8, 4) is 0 Å². The minimum absolute atomic E-state index is 0.137. The molecular weight excluding hydrogens is 400 g/mol. The molecule has 2 heterocycles. The lowest BCUT2D eigenvalue weighted by Gasteiger charge is -2.64. The maximum absolute atomic E-state index is 12.8. The van der Waals surface area contributed by atoms with Crippen LogP contribution in [0.15, 0.2) is 11.8 Å². The van der Waals surface area contributed by atoms with Gasteiger partial charge in [0.05, 0.1) is 52.3 Å². The first-order valence-corrected chi connectivity index (χ1v) is 12.0. The molecule has 0 amide bonds. The van der Waals surface area contributed by atoms with Crippen molar-refractivity contribution in [1.82, 2.24) is 0 Å². The monoisotopic (exact) mass is 436 g/mol. The minimum atomic E-state index is -0.547. The van der Waals surface area contributed by atoms with Crippen LogP contribution in [0.1, 0.15) is 58.3 Å². The van der Waals surface area contributed by atoms with E-state index in [1.807, 2.05) is 6.92 Å². The lowest BCUT2D eigenvalue weighted by Crippen LogP contribution is -2.65. The van der Waals surface area contributed by atoms with Gasteiger partial charge in [-0.15, -0.1) is 0 Å². The number of rotatable bonds is 5. The molecule has 2 aliphatic heterocycles. The Morgan fingerprint density at radius 1 is 1.06 bits per heavy atom. The summed E-state index contributed by atoms with van der Waals surface area (Å²) in [6.45, 7) is 4.78. The lowest BCUT2D eigenvalue weighted by atomic mass is 9.43. The predicted octanol–water partition coefficient (Wildman–Crippen LogP) is 3.56. The minimum Gasteiger partial charge on any atom is -0.501 e. The molecule has 0 radical (unpaired) electrons. The van der Waals surface area contributed by atoms with Gasteiger partial charge in [0.2, 0.25) is 0 Å². The number of hydrogen-bond acceptors (Lipinski definition) is 7. The second-order valence-electron chi connectivity index (χ2n) is 9.76. The maximum atomic E-state index is 12.8. The Hall–Kier alpha value is -1.15. The summed E-state index contributed by atoms with van der Waals surface area (Å²) in [5.74, 6) is 0.699. The van der Waals surface area contributed by atoms with Crippen molar-refractivity contribution in [2.75, 3.05) is 40.1 Å². The van der Waals surface area contributed by atoms with Crippen molar-refractivity contribution < 1.29 is 33.2 Å². The molecular formula is C24H36O7. The molecule has 1 spiro atoms. The summed E-state index contributed by atoms with van der Waals surface area (Å²) in [7, 11) is 1.73. The van der Waals surface area contributed by atoms with Gasteiger partial charge >= 0.3 is 5.97 Å². The molecule has 0 aromatic rings. The van der Waals surface area contributed by atoms with Gasteiger partial charge in [-0.2, -0.15) is 0 Å². The fourth-order valence-electron chi connectivity index (χ4n) is 7.67. The van der Waals surface area contributed by atoms with Crippen molar-refractivity contribution >= 4 is 5.97 Å². The highest BCUT2D eigenvalue weighted by Crippen LogP contribution is 2.69. The van der Waals surface area contributed by atoms with Crippen LogP contribution in [0, 0.1) is 22.7 Å². The molecule has 174 valence electrons. The number of ether oxygens (including phenoxy) is 6. The Balaban J connectivity index is 1.60. The highest BCUT2D eigenvalue weighted by Gasteiger charge is 2.69. The maximum Gasteiger partial charge on any atom is 0.306 e. The van der Waals surface area contributed by atoms with Gasteiger partial charge in [0.15, 0.2) is 12.1 Å². The van der Waals surface area contributed by atoms with Gasteiger partial charge in [-0.1, -0.05) is 0 Å². The van der Waals surface area contributed by atoms with Gasteiger partial charge in [-0.05, 0) is 51.0 Å². The smallest absolute Gasteiger partial charge is 0.306 e. The average Bonchev–Trinajstić information content (AvgIpc) is 3.46. The topological polar surface area (TPSA) is 72.5 Å². The Kier molecular flexibility index (Phi) is 5.82. The normalized spacial score (nSPS) is 39.6. The van der Waals surface area contributed by atoms with Crippen molar-refractivity contribution in [2.45, 2.75) is 70.4 Å². The van der Waals surface area contributed by atoms with Crippen LogP contribution in [-0.2, 0) is 33.2 Å². The van der Waals surface area contributed by atoms with E-state index in [1.165, 1.54) is 0 Å². The third kappa shape index (κ3) is 3.35. The Morgan fingerprint density at radius 3 is 2.55 bits per heavy atom. The molecule has 2 saturated carbocycles. The van der Waals surface area contributed by atoms with Crippen LogP contribution in [0.4, 0.5) is 0 Å². The summed E-state index contributed by atoms with van der Waals surface area (Å²) < 4.78 is 36.3. The number of methoxy groups -OCH3 is 1. The molecule has 4 fully saturated rings. The molecule has 5 aliphatic rings. The van der Waals surface area contributed by atoms with Crippen molar-refractivity contribution in [3.05, 3.63) is 11.8 Å². The van der Waals surface area contributed by atoms with Crippen molar-refractivity contribution in [1.29, 1.82) is 0 Å². The van der Waals surface area contributed by atoms with E-state index in [0.29, 0.717) is 39.5 Å². The van der Waals surface area contributed by atoms with E-state index in [0.717, 1.165) is 50.7 Å². The zero-order valence-electron chi connectivity index (χ0n) is 18.9. The van der Waals surface area contributed by atoms with E-state index in [2.05, 4.69) is 6.08 Å². The highest BCUT2D eigenvalue weighted by atomic mass is 16.7. The first kappa shape index (κ1) is 21.7. The number of carbonyl (C=O) groups is 1. The third-order valence-corrected chi connectivity index (χ3v) is 8.56. The predicted molar refractivity (Wildman–Crippen MR) is 111 cm³/mol. The molecule has 5 rings (SSSR count). The van der Waals surface area contributed by atoms with E-state index in [1.54, 1.807) is 7.11 Å². The van der Waals surface area contributed by atoms with Crippen LogP contribution >= 0.6 is 0 Å². The summed E-state index contributed by atoms with van der Waals surface area (Å²) in [4.78, 5) is 12.8. The van der Waals surface area contributed by atoms with Crippen LogP contribution < -0.4 is 0 Å². The lowest BCUT2D eigenvalue weighted by molar-refractivity contribution is -0.319. The second kappa shape index (κ2) is 8.32. The molecule has 7 heteroatoms.